The molecule has 0 spiro atoms. The van der Waals surface area contributed by atoms with Gasteiger partial charge < -0.3 is 14.2 Å². The first-order valence-electron chi connectivity index (χ1n) is 24.7. The van der Waals surface area contributed by atoms with Crippen LogP contribution >= 0.6 is 0 Å². The van der Waals surface area contributed by atoms with Crippen molar-refractivity contribution in [2.24, 2.45) is 0 Å². The van der Waals surface area contributed by atoms with Crippen LogP contribution in [0.5, 0.6) is 0 Å². The average Bonchev–Trinajstić information content (AvgIpc) is 3.27. The summed E-state index contributed by atoms with van der Waals surface area (Å²) in [7, 11) is 0. The minimum Gasteiger partial charge on any atom is -0.462 e. The third kappa shape index (κ3) is 46.9. The van der Waals surface area contributed by atoms with Crippen molar-refractivity contribution in [2.75, 3.05) is 13.2 Å². The number of esters is 3. The molecule has 0 saturated carbocycles. The van der Waals surface area contributed by atoms with E-state index >= 15 is 0 Å². The summed E-state index contributed by atoms with van der Waals surface area (Å²) < 4.78 is 16.7. The number of rotatable bonds is 42. The van der Waals surface area contributed by atoms with Crippen LogP contribution in [-0.2, 0) is 28.6 Å². The Hall–Kier alpha value is -4.19. The van der Waals surface area contributed by atoms with Crippen LogP contribution in [0.2, 0.25) is 0 Å². The van der Waals surface area contributed by atoms with Gasteiger partial charge in [-0.05, 0) is 83.5 Å². The van der Waals surface area contributed by atoms with Crippen LogP contribution in [-0.4, -0.2) is 37.2 Å². The molecule has 0 bridgehead atoms. The summed E-state index contributed by atoms with van der Waals surface area (Å²) in [6, 6.07) is 0. The number of allylic oxidation sites excluding steroid dienone is 20. The molecular formula is C56H88O6. The minimum absolute atomic E-state index is 0.114. The Bertz CT molecular complexity index is 1350. The fourth-order valence-electron chi connectivity index (χ4n) is 6.18. The molecule has 0 rings (SSSR count). The van der Waals surface area contributed by atoms with E-state index in [9.17, 15) is 14.4 Å². The molecule has 0 amide bonds. The molecule has 0 fully saturated rings. The Kier molecular flexibility index (Phi) is 46.1. The van der Waals surface area contributed by atoms with Gasteiger partial charge in [-0.25, -0.2) is 0 Å². The van der Waals surface area contributed by atoms with Gasteiger partial charge >= 0.3 is 17.9 Å². The third-order valence-electron chi connectivity index (χ3n) is 9.87. The number of carbonyl (C=O) groups is 3. The summed E-state index contributed by atoms with van der Waals surface area (Å²) in [5.41, 5.74) is 0. The number of carbonyl (C=O) groups excluding carboxylic acids is 3. The highest BCUT2D eigenvalue weighted by Gasteiger charge is 2.19. The maximum atomic E-state index is 12.7. The minimum atomic E-state index is -0.818. The van der Waals surface area contributed by atoms with Crippen LogP contribution in [0.4, 0.5) is 0 Å². The first kappa shape index (κ1) is 57.8. The molecule has 0 saturated heterocycles. The second kappa shape index (κ2) is 49.5. The fraction of sp³-hybridized carbons (Fsp3) is 0.589. The zero-order chi connectivity index (χ0) is 45.1. The standard InChI is InChI=1S/C56H88O6/c1-4-7-10-13-16-19-22-25-26-27-28-29-32-34-37-40-43-46-49-55(58)61-52-53(62-56(59)50-47-44-41-38-35-31-24-21-18-15-12-9-6-3)51-60-54(57)48-45-42-39-36-33-30-23-20-17-14-11-8-5-2/h9-10,12-13,15-16,18-19,21-22,24-31,33,35,53H,4-8,11,14,17,20,23,32,34,36-52H2,1-3H3/b12-9+,13-10+,18-15+,19-16+,24-21+,25-22+,27-26+,29-28+,33-30+,35-31+. The van der Waals surface area contributed by atoms with Crippen molar-refractivity contribution in [1.82, 2.24) is 0 Å². The zero-order valence-corrected chi connectivity index (χ0v) is 39.6. The zero-order valence-electron chi connectivity index (χ0n) is 39.6. The van der Waals surface area contributed by atoms with Crippen molar-refractivity contribution in [3.63, 3.8) is 0 Å². The quantitative estimate of drug-likeness (QED) is 0.0200. The first-order chi connectivity index (χ1) is 30.5. The lowest BCUT2D eigenvalue weighted by molar-refractivity contribution is -0.167. The van der Waals surface area contributed by atoms with Crippen LogP contribution in [0.15, 0.2) is 122 Å². The summed E-state index contributed by atoms with van der Waals surface area (Å²) in [5, 5.41) is 0. The van der Waals surface area contributed by atoms with E-state index in [2.05, 4.69) is 69.4 Å². The number of ether oxygens (including phenoxy) is 3. The number of hydrogen-bond donors (Lipinski definition) is 0. The van der Waals surface area contributed by atoms with E-state index in [1.54, 1.807) is 0 Å². The second-order valence-corrected chi connectivity index (χ2v) is 15.8. The highest BCUT2D eigenvalue weighted by Crippen LogP contribution is 2.12. The largest absolute Gasteiger partial charge is 0.462 e. The maximum absolute atomic E-state index is 12.7. The highest BCUT2D eigenvalue weighted by molar-refractivity contribution is 5.71. The molecule has 0 radical (unpaired) electrons. The van der Waals surface area contributed by atoms with Gasteiger partial charge in [0, 0.05) is 19.3 Å². The molecule has 0 aliphatic rings. The molecule has 0 N–H and O–H groups in total. The first-order valence-corrected chi connectivity index (χ1v) is 24.7. The lowest BCUT2D eigenvalue weighted by Crippen LogP contribution is -2.30. The molecule has 0 aromatic rings. The SMILES string of the molecule is CC/C=C/C=C/C=C/C=C/CCCCCC(=O)OC(COC(=O)CCCCC/C=C/CCCCCCCC)COC(=O)CCCCCCC/C=C/C=C/C=C/C=C/C=C/CCC. The third-order valence-corrected chi connectivity index (χ3v) is 9.87. The van der Waals surface area contributed by atoms with Gasteiger partial charge in [0.1, 0.15) is 13.2 Å². The van der Waals surface area contributed by atoms with Gasteiger partial charge in [0.2, 0.25) is 0 Å². The molecule has 0 heterocycles. The lowest BCUT2D eigenvalue weighted by atomic mass is 10.1. The van der Waals surface area contributed by atoms with E-state index in [0.29, 0.717) is 19.3 Å². The van der Waals surface area contributed by atoms with Crippen molar-refractivity contribution in [2.45, 2.75) is 200 Å². The van der Waals surface area contributed by atoms with Crippen LogP contribution in [0.3, 0.4) is 0 Å². The van der Waals surface area contributed by atoms with Crippen molar-refractivity contribution >= 4 is 17.9 Å². The van der Waals surface area contributed by atoms with Gasteiger partial charge in [-0.2, -0.15) is 0 Å². The average molecular weight is 857 g/mol. The van der Waals surface area contributed by atoms with Gasteiger partial charge in [-0.1, -0.05) is 213 Å². The van der Waals surface area contributed by atoms with Crippen LogP contribution in [0.25, 0.3) is 0 Å². The Morgan fingerprint density at radius 2 is 0.677 bits per heavy atom. The van der Waals surface area contributed by atoms with E-state index in [-0.39, 0.29) is 37.5 Å². The molecule has 62 heavy (non-hydrogen) atoms. The second-order valence-electron chi connectivity index (χ2n) is 15.8. The molecule has 0 aromatic heterocycles. The Labute approximate surface area is 380 Å². The normalized spacial score (nSPS) is 13.1. The summed E-state index contributed by atoms with van der Waals surface area (Å²) in [6.07, 6.45) is 67.4. The Morgan fingerprint density at radius 1 is 0.339 bits per heavy atom. The van der Waals surface area contributed by atoms with E-state index < -0.39 is 6.10 Å². The van der Waals surface area contributed by atoms with E-state index in [1.807, 2.05) is 72.9 Å². The molecule has 1 atom stereocenters. The van der Waals surface area contributed by atoms with Gasteiger partial charge in [0.25, 0.3) is 0 Å². The number of unbranched alkanes of at least 4 members (excludes halogenated alkanes) is 18. The Balaban J connectivity index is 4.54. The van der Waals surface area contributed by atoms with Crippen molar-refractivity contribution in [3.8, 4) is 0 Å². The van der Waals surface area contributed by atoms with E-state index in [0.717, 1.165) is 103 Å². The summed E-state index contributed by atoms with van der Waals surface area (Å²) in [4.78, 5) is 37.9. The Morgan fingerprint density at radius 3 is 1.11 bits per heavy atom. The van der Waals surface area contributed by atoms with Crippen LogP contribution in [0.1, 0.15) is 194 Å². The molecule has 0 aliphatic heterocycles. The molecule has 6 heteroatoms. The van der Waals surface area contributed by atoms with E-state index in [1.165, 1.54) is 44.9 Å². The molecule has 0 aliphatic carbocycles. The number of hydrogen-bond acceptors (Lipinski definition) is 6. The maximum Gasteiger partial charge on any atom is 0.306 e. The van der Waals surface area contributed by atoms with Gasteiger partial charge in [-0.15, -0.1) is 0 Å². The predicted molar refractivity (Wildman–Crippen MR) is 265 cm³/mol. The highest BCUT2D eigenvalue weighted by atomic mass is 16.6. The molecule has 6 nitrogen and oxygen atoms in total. The molecule has 1 unspecified atom stereocenters. The fourth-order valence-corrected chi connectivity index (χ4v) is 6.18. The van der Waals surface area contributed by atoms with Gasteiger partial charge in [-0.3, -0.25) is 14.4 Å². The summed E-state index contributed by atoms with van der Waals surface area (Å²) in [5.74, 6) is -1.00. The molecular weight excluding hydrogens is 769 g/mol. The van der Waals surface area contributed by atoms with Gasteiger partial charge in [0.15, 0.2) is 6.10 Å². The summed E-state index contributed by atoms with van der Waals surface area (Å²) in [6.45, 7) is 6.30. The van der Waals surface area contributed by atoms with Crippen LogP contribution < -0.4 is 0 Å². The molecule has 348 valence electrons. The van der Waals surface area contributed by atoms with Crippen molar-refractivity contribution < 1.29 is 28.6 Å². The predicted octanol–water partition coefficient (Wildman–Crippen LogP) is 16.1. The summed E-state index contributed by atoms with van der Waals surface area (Å²) >= 11 is 0. The van der Waals surface area contributed by atoms with Crippen molar-refractivity contribution in [3.05, 3.63) is 122 Å². The monoisotopic (exact) mass is 857 g/mol. The smallest absolute Gasteiger partial charge is 0.306 e. The topological polar surface area (TPSA) is 78.9 Å². The van der Waals surface area contributed by atoms with Crippen molar-refractivity contribution in [1.29, 1.82) is 0 Å². The molecule has 0 aromatic carbocycles. The lowest BCUT2D eigenvalue weighted by Gasteiger charge is -2.18. The van der Waals surface area contributed by atoms with Crippen LogP contribution in [0, 0.1) is 0 Å². The van der Waals surface area contributed by atoms with Gasteiger partial charge in [0.05, 0.1) is 0 Å². The van der Waals surface area contributed by atoms with E-state index in [4.69, 9.17) is 14.2 Å².